The summed E-state index contributed by atoms with van der Waals surface area (Å²) in [6.07, 6.45) is 2.31. The van der Waals surface area contributed by atoms with Gasteiger partial charge >= 0.3 is 5.97 Å². The van der Waals surface area contributed by atoms with Crippen molar-refractivity contribution in [1.29, 1.82) is 0 Å². The highest BCUT2D eigenvalue weighted by Gasteiger charge is 2.19. The minimum Gasteiger partial charge on any atom is -0.480 e. The first-order valence-corrected chi connectivity index (χ1v) is 8.64. The number of hydrogen-bond donors (Lipinski definition) is 3. The molecule has 0 aliphatic rings. The van der Waals surface area contributed by atoms with Crippen molar-refractivity contribution in [3.05, 3.63) is 22.4 Å². The third-order valence-corrected chi connectivity index (χ3v) is 4.14. The molecule has 0 aliphatic heterocycles. The molecule has 1 rings (SSSR count). The van der Waals surface area contributed by atoms with Crippen LogP contribution in [0.1, 0.15) is 22.5 Å². The van der Waals surface area contributed by atoms with E-state index in [1.807, 2.05) is 6.26 Å². The second kappa shape index (κ2) is 9.41. The Balaban J connectivity index is 2.29. The van der Waals surface area contributed by atoms with Gasteiger partial charge in [0.25, 0.3) is 5.91 Å². The molecular formula is C13H18N2O4S2. The normalized spacial score (nSPS) is 11.7. The van der Waals surface area contributed by atoms with Crippen LogP contribution < -0.4 is 10.6 Å². The van der Waals surface area contributed by atoms with E-state index in [-0.39, 0.29) is 24.8 Å². The number of nitrogens with one attached hydrogen (secondary N) is 2. The fraction of sp³-hybridized carbons (Fsp3) is 0.462. The largest absolute Gasteiger partial charge is 0.480 e. The number of hydrogen-bond acceptors (Lipinski definition) is 5. The molecule has 116 valence electrons. The molecule has 0 aliphatic carbocycles. The molecule has 1 aromatic heterocycles. The van der Waals surface area contributed by atoms with Gasteiger partial charge in [-0.25, -0.2) is 4.79 Å². The molecule has 0 bridgehead atoms. The van der Waals surface area contributed by atoms with Crippen LogP contribution in [0.5, 0.6) is 0 Å². The molecule has 1 aromatic rings. The van der Waals surface area contributed by atoms with Crippen LogP contribution in [-0.2, 0) is 9.59 Å². The zero-order chi connectivity index (χ0) is 15.7. The van der Waals surface area contributed by atoms with Gasteiger partial charge in [-0.2, -0.15) is 11.8 Å². The number of thioether (sulfide) groups is 1. The number of rotatable bonds is 9. The van der Waals surface area contributed by atoms with Crippen LogP contribution in [0.15, 0.2) is 17.5 Å². The Bertz CT molecular complexity index is 477. The number of carboxylic acid groups (broad SMARTS) is 1. The first-order chi connectivity index (χ1) is 10.0. The smallest absolute Gasteiger partial charge is 0.326 e. The number of amides is 2. The van der Waals surface area contributed by atoms with Crippen molar-refractivity contribution in [2.24, 2.45) is 0 Å². The molecule has 0 saturated heterocycles. The molecule has 21 heavy (non-hydrogen) atoms. The van der Waals surface area contributed by atoms with Crippen LogP contribution in [0, 0.1) is 0 Å². The number of aliphatic carboxylic acids is 1. The van der Waals surface area contributed by atoms with Gasteiger partial charge in [-0.15, -0.1) is 11.3 Å². The average Bonchev–Trinajstić information content (AvgIpc) is 2.97. The molecule has 1 heterocycles. The van der Waals surface area contributed by atoms with Crippen LogP contribution in [0.3, 0.4) is 0 Å². The highest BCUT2D eigenvalue weighted by atomic mass is 32.2. The predicted molar refractivity (Wildman–Crippen MR) is 83.8 cm³/mol. The topological polar surface area (TPSA) is 95.5 Å². The summed E-state index contributed by atoms with van der Waals surface area (Å²) in [7, 11) is 0. The lowest BCUT2D eigenvalue weighted by atomic mass is 10.2. The van der Waals surface area contributed by atoms with Crippen LogP contribution in [0.2, 0.25) is 0 Å². The van der Waals surface area contributed by atoms with Gasteiger partial charge in [-0.05, 0) is 29.9 Å². The maximum Gasteiger partial charge on any atom is 0.326 e. The van der Waals surface area contributed by atoms with Crippen LogP contribution in [-0.4, -0.2) is 47.5 Å². The quantitative estimate of drug-likeness (QED) is 0.632. The summed E-state index contributed by atoms with van der Waals surface area (Å²) in [5, 5.41) is 15.9. The van der Waals surface area contributed by atoms with Gasteiger partial charge in [0, 0.05) is 13.0 Å². The molecule has 1 unspecified atom stereocenters. The standard InChI is InChI=1S/C13H18N2O4S2/c1-20-8-5-9(13(18)19)15-11(16)4-6-14-12(17)10-3-2-7-21-10/h2-3,7,9H,4-6,8H2,1H3,(H,14,17)(H,15,16)(H,18,19). The van der Waals surface area contributed by atoms with Crippen molar-refractivity contribution in [2.45, 2.75) is 18.9 Å². The summed E-state index contributed by atoms with van der Waals surface area (Å²) >= 11 is 2.85. The van der Waals surface area contributed by atoms with E-state index in [1.165, 1.54) is 23.1 Å². The van der Waals surface area contributed by atoms with Gasteiger partial charge in [0.1, 0.15) is 6.04 Å². The fourth-order valence-corrected chi connectivity index (χ4v) is 2.66. The highest BCUT2D eigenvalue weighted by Crippen LogP contribution is 2.07. The van der Waals surface area contributed by atoms with E-state index in [0.717, 1.165) is 0 Å². The summed E-state index contributed by atoms with van der Waals surface area (Å²) in [6.45, 7) is 0.178. The van der Waals surface area contributed by atoms with Crippen molar-refractivity contribution < 1.29 is 19.5 Å². The monoisotopic (exact) mass is 330 g/mol. The second-order valence-corrected chi connectivity index (χ2v) is 6.16. The third-order valence-electron chi connectivity index (χ3n) is 2.63. The molecule has 2 amide bonds. The fourth-order valence-electron chi connectivity index (χ4n) is 1.54. The number of thiophene rings is 1. The lowest BCUT2D eigenvalue weighted by molar-refractivity contribution is -0.141. The van der Waals surface area contributed by atoms with Crippen molar-refractivity contribution in [3.63, 3.8) is 0 Å². The Hall–Kier alpha value is -1.54. The van der Waals surface area contributed by atoms with Gasteiger partial charge in [-0.1, -0.05) is 6.07 Å². The first kappa shape index (κ1) is 17.5. The molecule has 8 heteroatoms. The summed E-state index contributed by atoms with van der Waals surface area (Å²) in [5.41, 5.74) is 0. The SMILES string of the molecule is CSCCC(NC(=O)CCNC(=O)c1cccs1)C(=O)O. The molecular weight excluding hydrogens is 312 g/mol. The van der Waals surface area contributed by atoms with E-state index in [4.69, 9.17) is 5.11 Å². The summed E-state index contributed by atoms with van der Waals surface area (Å²) in [4.78, 5) is 34.9. The first-order valence-electron chi connectivity index (χ1n) is 6.37. The van der Waals surface area contributed by atoms with E-state index in [0.29, 0.717) is 17.1 Å². The van der Waals surface area contributed by atoms with Crippen LogP contribution in [0.25, 0.3) is 0 Å². The predicted octanol–water partition coefficient (Wildman–Crippen LogP) is 1.19. The highest BCUT2D eigenvalue weighted by molar-refractivity contribution is 7.98. The van der Waals surface area contributed by atoms with Crippen molar-refractivity contribution >= 4 is 40.9 Å². The Kier molecular flexibility index (Phi) is 7.84. The van der Waals surface area contributed by atoms with Gasteiger partial charge < -0.3 is 15.7 Å². The molecule has 0 saturated carbocycles. The molecule has 0 aromatic carbocycles. The zero-order valence-corrected chi connectivity index (χ0v) is 13.3. The van der Waals surface area contributed by atoms with Crippen molar-refractivity contribution in [2.75, 3.05) is 18.6 Å². The Labute approximate surface area is 131 Å². The van der Waals surface area contributed by atoms with Gasteiger partial charge in [0.2, 0.25) is 5.91 Å². The maximum absolute atomic E-state index is 11.7. The number of carboxylic acids is 1. The molecule has 0 spiro atoms. The minimum absolute atomic E-state index is 0.0557. The van der Waals surface area contributed by atoms with E-state index >= 15 is 0 Å². The molecule has 0 radical (unpaired) electrons. The van der Waals surface area contributed by atoms with E-state index < -0.39 is 12.0 Å². The summed E-state index contributed by atoms with van der Waals surface area (Å²) in [6, 6.07) is 2.59. The third kappa shape index (κ3) is 6.63. The summed E-state index contributed by atoms with van der Waals surface area (Å²) in [5.74, 6) is -0.989. The lowest BCUT2D eigenvalue weighted by Gasteiger charge is -2.14. The molecule has 1 atom stereocenters. The Morgan fingerprint density at radius 3 is 2.76 bits per heavy atom. The number of carbonyl (C=O) groups excluding carboxylic acids is 2. The van der Waals surface area contributed by atoms with E-state index in [1.54, 1.807) is 17.5 Å². The second-order valence-electron chi connectivity index (χ2n) is 4.22. The van der Waals surface area contributed by atoms with E-state index in [2.05, 4.69) is 10.6 Å². The van der Waals surface area contributed by atoms with Crippen molar-refractivity contribution in [1.82, 2.24) is 10.6 Å². The van der Waals surface area contributed by atoms with Gasteiger partial charge in [0.15, 0.2) is 0 Å². The van der Waals surface area contributed by atoms with Gasteiger partial charge in [0.05, 0.1) is 4.88 Å². The minimum atomic E-state index is -1.04. The maximum atomic E-state index is 11.7. The molecule has 0 fully saturated rings. The van der Waals surface area contributed by atoms with Crippen LogP contribution >= 0.6 is 23.1 Å². The average molecular weight is 330 g/mol. The lowest BCUT2D eigenvalue weighted by Crippen LogP contribution is -2.42. The number of carbonyl (C=O) groups is 3. The molecule has 6 nitrogen and oxygen atoms in total. The Morgan fingerprint density at radius 1 is 1.43 bits per heavy atom. The van der Waals surface area contributed by atoms with E-state index in [9.17, 15) is 14.4 Å². The van der Waals surface area contributed by atoms with Crippen molar-refractivity contribution in [3.8, 4) is 0 Å². The molecule has 3 N–H and O–H groups in total. The Morgan fingerprint density at radius 2 is 2.19 bits per heavy atom. The zero-order valence-electron chi connectivity index (χ0n) is 11.6. The van der Waals surface area contributed by atoms with Gasteiger partial charge in [-0.3, -0.25) is 9.59 Å². The summed E-state index contributed by atoms with van der Waals surface area (Å²) < 4.78 is 0. The van der Waals surface area contributed by atoms with Crippen LogP contribution in [0.4, 0.5) is 0 Å².